The summed E-state index contributed by atoms with van der Waals surface area (Å²) in [6.45, 7) is 33.5. The fraction of sp³-hybridized carbons (Fsp3) is 0.846. The van der Waals surface area contributed by atoms with E-state index in [0.29, 0.717) is 23.9 Å². The van der Waals surface area contributed by atoms with Crippen LogP contribution in [0.25, 0.3) is 0 Å². The molecule has 3 atom stereocenters. The third-order valence-corrected chi connectivity index (χ3v) is 24.5. The van der Waals surface area contributed by atoms with Crippen LogP contribution in [0.3, 0.4) is 0 Å². The first-order valence-electron chi connectivity index (χ1n) is 20.0. The minimum absolute atomic E-state index is 0.116. The number of carbonyl (C=O) groups is 2. The third-order valence-electron chi connectivity index (χ3n) is 9.73. The van der Waals surface area contributed by atoms with Crippen molar-refractivity contribution < 1.29 is 22.6 Å². The van der Waals surface area contributed by atoms with Crippen LogP contribution in [-0.4, -0.2) is 71.8 Å². The molecule has 1 aliphatic rings. The highest BCUT2D eigenvalue weighted by Gasteiger charge is 2.47. The Morgan fingerprint density at radius 1 is 0.860 bits per heavy atom. The van der Waals surface area contributed by atoms with Gasteiger partial charge in [0.2, 0.25) is 5.91 Å². The molecule has 0 aromatic carbocycles. The molecule has 50 heavy (non-hydrogen) atoms. The van der Waals surface area contributed by atoms with E-state index in [9.17, 15) is 9.59 Å². The van der Waals surface area contributed by atoms with Gasteiger partial charge in [-0.05, 0) is 92.6 Å². The molecule has 0 aromatic heterocycles. The number of ether oxygens (including phenoxy) is 1. The Hall–Kier alpha value is -0.442. The van der Waals surface area contributed by atoms with Crippen molar-refractivity contribution in [3.05, 3.63) is 22.8 Å². The van der Waals surface area contributed by atoms with Crippen molar-refractivity contribution in [1.29, 1.82) is 0 Å². The number of hydrogen-bond acceptors (Lipinski definition) is 6. The number of allylic oxidation sites excluding steroid dienone is 4. The minimum atomic E-state index is -2.17. The van der Waals surface area contributed by atoms with Crippen molar-refractivity contribution in [3.63, 3.8) is 0 Å². The Balaban J connectivity index is 3.48. The van der Waals surface area contributed by atoms with E-state index in [1.54, 1.807) is 0 Å². The summed E-state index contributed by atoms with van der Waals surface area (Å²) in [7, 11) is -5.55. The van der Waals surface area contributed by atoms with Crippen LogP contribution in [0, 0.1) is 5.92 Å². The average Bonchev–Trinajstić information content (AvgIpc) is 3.35. The molecule has 292 valence electrons. The Morgan fingerprint density at radius 3 is 2.04 bits per heavy atom. The van der Waals surface area contributed by atoms with Gasteiger partial charge < -0.3 is 17.9 Å². The summed E-state index contributed by atoms with van der Waals surface area (Å²) in [4.78, 5) is 28.7. The molecule has 0 spiro atoms. The Bertz CT molecular complexity index is 1080. The second kappa shape index (κ2) is 22.7. The zero-order valence-electron chi connectivity index (χ0n) is 35.1. The molecule has 1 aliphatic carbocycles. The van der Waals surface area contributed by atoms with Gasteiger partial charge in [0.1, 0.15) is 5.76 Å². The van der Waals surface area contributed by atoms with Gasteiger partial charge >= 0.3 is 5.97 Å². The number of unbranched alkanes of at least 4 members (excludes halogenated alkanes) is 4. The van der Waals surface area contributed by atoms with E-state index < -0.39 is 36.2 Å². The number of amides is 1. The molecule has 1 amide bonds. The molecule has 0 unspecified atom stereocenters. The van der Waals surface area contributed by atoms with Crippen molar-refractivity contribution in [2.24, 2.45) is 5.92 Å². The first-order valence-corrected chi connectivity index (χ1v) is 29.5. The standard InChI is InChI=1S/C39H79NO5SSi4/c1-15-19-21-25-31(49(11,12)44-47-38(5,6)7)27-28-32-34(50(13,14)45-48-39(8,9)10)30-33(43-36(42)24-16-2)37(32)46-29-23-20-22-26-35(41)40(17-3)18-4/h27-28,31-32,34H,15-26,29-30,47-48H2,1-14H3/b28-27+/t31-,32-,34+/m0/s1. The molecular formula is C39H79NO5SSi4. The molecule has 1 rings (SSSR count). The van der Waals surface area contributed by atoms with Crippen molar-refractivity contribution in [3.8, 4) is 0 Å². The maximum Gasteiger partial charge on any atom is 0.310 e. The van der Waals surface area contributed by atoms with E-state index in [0.717, 1.165) is 56.7 Å². The van der Waals surface area contributed by atoms with Crippen molar-refractivity contribution in [1.82, 2.24) is 4.90 Å². The molecular weight excluding hydrogens is 707 g/mol. The zero-order chi connectivity index (χ0) is 38.2. The van der Waals surface area contributed by atoms with Gasteiger partial charge in [0, 0.05) is 43.2 Å². The SMILES string of the molecule is CCCCC[C@@H](/C=C/[C@@H]1C(SCCCCCC(=O)N(CC)CC)=C(OC(=O)CCC)C[C@H]1[Si](C)(C)O[SiH2]C(C)(C)C)[Si](C)(C)O[SiH2]C(C)(C)C. The lowest BCUT2D eigenvalue weighted by molar-refractivity contribution is -0.139. The number of nitrogens with zero attached hydrogens (tertiary/aromatic N) is 1. The monoisotopic (exact) mass is 785 g/mol. The number of rotatable bonds is 24. The second-order valence-electron chi connectivity index (χ2n) is 18.0. The zero-order valence-corrected chi connectivity index (χ0v) is 40.7. The number of thioether (sulfide) groups is 1. The Kier molecular flexibility index (Phi) is 21.6. The lowest BCUT2D eigenvalue weighted by atomic mass is 10.1. The summed E-state index contributed by atoms with van der Waals surface area (Å²) < 4.78 is 20.2. The van der Waals surface area contributed by atoms with Crippen LogP contribution in [0.5, 0.6) is 0 Å². The topological polar surface area (TPSA) is 65.1 Å². The molecule has 0 N–H and O–H groups in total. The number of esters is 1. The van der Waals surface area contributed by atoms with Crippen molar-refractivity contribution >= 4 is 59.8 Å². The lowest BCUT2D eigenvalue weighted by Gasteiger charge is -2.37. The maximum absolute atomic E-state index is 13.0. The largest absolute Gasteiger partial charge is 0.460 e. The summed E-state index contributed by atoms with van der Waals surface area (Å²) in [5.41, 5.74) is 0.763. The van der Waals surface area contributed by atoms with Gasteiger partial charge in [-0.1, -0.05) is 93.2 Å². The van der Waals surface area contributed by atoms with Crippen LogP contribution >= 0.6 is 11.8 Å². The predicted octanol–water partition coefficient (Wildman–Crippen LogP) is 10.6. The van der Waals surface area contributed by atoms with Crippen LogP contribution in [-0.2, 0) is 22.6 Å². The van der Waals surface area contributed by atoms with E-state index >= 15 is 0 Å². The van der Waals surface area contributed by atoms with Gasteiger partial charge in [-0.3, -0.25) is 9.59 Å². The fourth-order valence-electron chi connectivity index (χ4n) is 6.39. The third kappa shape index (κ3) is 18.1. The second-order valence-corrected chi connectivity index (χ2v) is 34.1. The van der Waals surface area contributed by atoms with Gasteiger partial charge in [-0.15, -0.1) is 11.8 Å². The number of hydrogen-bond donors (Lipinski definition) is 0. The van der Waals surface area contributed by atoms with E-state index in [1.807, 2.05) is 37.4 Å². The van der Waals surface area contributed by atoms with Crippen LogP contribution < -0.4 is 0 Å². The van der Waals surface area contributed by atoms with Gasteiger partial charge in [0.25, 0.3) is 0 Å². The lowest BCUT2D eigenvalue weighted by Crippen LogP contribution is -2.41. The van der Waals surface area contributed by atoms with Gasteiger partial charge in [0.05, 0.1) is 0 Å². The molecule has 0 saturated heterocycles. The van der Waals surface area contributed by atoms with E-state index in [1.165, 1.54) is 30.6 Å². The van der Waals surface area contributed by atoms with Crippen LogP contribution in [0.15, 0.2) is 22.8 Å². The van der Waals surface area contributed by atoms with E-state index in [2.05, 4.69) is 86.8 Å². The van der Waals surface area contributed by atoms with Crippen molar-refractivity contribution in [2.75, 3.05) is 18.8 Å². The summed E-state index contributed by atoms with van der Waals surface area (Å²) in [5, 5.41) is 0.488. The Morgan fingerprint density at radius 2 is 1.48 bits per heavy atom. The average molecular weight is 786 g/mol. The van der Waals surface area contributed by atoms with Crippen LogP contribution in [0.4, 0.5) is 0 Å². The fourth-order valence-corrected chi connectivity index (χ4v) is 19.2. The summed E-state index contributed by atoms with van der Waals surface area (Å²) in [6, 6.07) is 0. The summed E-state index contributed by atoms with van der Waals surface area (Å²) in [6.07, 6.45) is 15.5. The molecule has 11 heteroatoms. The van der Waals surface area contributed by atoms with Crippen molar-refractivity contribution in [2.45, 2.75) is 187 Å². The molecule has 0 fully saturated rings. The molecule has 0 aliphatic heterocycles. The molecule has 6 nitrogen and oxygen atoms in total. The molecule has 0 heterocycles. The molecule has 0 aromatic rings. The first-order chi connectivity index (χ1) is 23.2. The Labute approximate surface area is 320 Å². The number of carbonyl (C=O) groups excluding carboxylic acids is 2. The minimum Gasteiger partial charge on any atom is -0.460 e. The summed E-state index contributed by atoms with van der Waals surface area (Å²) in [5.74, 6) is 2.18. The van der Waals surface area contributed by atoms with E-state index in [-0.39, 0.29) is 27.9 Å². The first kappa shape index (κ1) is 47.6. The van der Waals surface area contributed by atoms with Crippen LogP contribution in [0.1, 0.15) is 140 Å². The molecule has 0 saturated carbocycles. The highest BCUT2D eigenvalue weighted by molar-refractivity contribution is 8.03. The van der Waals surface area contributed by atoms with Crippen LogP contribution in [0.2, 0.25) is 47.3 Å². The quantitative estimate of drug-likeness (QED) is 0.0420. The molecule has 0 radical (unpaired) electrons. The predicted molar refractivity (Wildman–Crippen MR) is 229 cm³/mol. The maximum atomic E-state index is 13.0. The normalized spacial score (nSPS) is 18.8. The highest BCUT2D eigenvalue weighted by atomic mass is 32.2. The molecule has 0 bridgehead atoms. The van der Waals surface area contributed by atoms with Gasteiger partial charge in [-0.2, -0.15) is 0 Å². The van der Waals surface area contributed by atoms with E-state index in [4.69, 9.17) is 13.0 Å². The van der Waals surface area contributed by atoms with Gasteiger partial charge in [-0.25, -0.2) is 0 Å². The smallest absolute Gasteiger partial charge is 0.310 e. The summed E-state index contributed by atoms with van der Waals surface area (Å²) >= 11 is 1.89. The van der Waals surface area contributed by atoms with Gasteiger partial charge in [0.15, 0.2) is 36.2 Å². The highest BCUT2D eigenvalue weighted by Crippen LogP contribution is 2.53.